The number of halogens is 1. The van der Waals surface area contributed by atoms with E-state index in [1.165, 1.54) is 0 Å². The number of ether oxygens (including phenoxy) is 2. The van der Waals surface area contributed by atoms with E-state index in [0.717, 1.165) is 10.2 Å². The Balaban J connectivity index is 1.86. The summed E-state index contributed by atoms with van der Waals surface area (Å²) in [6.45, 7) is 0.991. The van der Waals surface area contributed by atoms with Crippen molar-refractivity contribution in [1.82, 2.24) is 0 Å². The number of hydrogen-bond acceptors (Lipinski definition) is 4. The lowest BCUT2D eigenvalue weighted by Crippen LogP contribution is -2.16. The van der Waals surface area contributed by atoms with E-state index in [9.17, 15) is 0 Å². The Hall–Kier alpha value is -1.23. The molecule has 80 valence electrons. The molecule has 4 nitrogen and oxygen atoms in total. The van der Waals surface area contributed by atoms with Crippen LogP contribution in [0.4, 0.5) is 0 Å². The summed E-state index contributed by atoms with van der Waals surface area (Å²) < 4.78 is 11.6. The normalized spacial score (nSPS) is 19.5. The fourth-order valence-corrected chi connectivity index (χ4v) is 1.51. The molecule has 2 N–H and O–H groups in total. The van der Waals surface area contributed by atoms with Gasteiger partial charge in [0, 0.05) is 4.47 Å². The molecular formula is C10H11BrN2O2. The van der Waals surface area contributed by atoms with Crippen molar-refractivity contribution >= 4 is 22.0 Å². The molecule has 1 atom stereocenters. The maximum atomic E-state index is 5.53. The predicted octanol–water partition coefficient (Wildman–Crippen LogP) is 1.54. The highest BCUT2D eigenvalue weighted by Gasteiger charge is 2.16. The van der Waals surface area contributed by atoms with E-state index in [1.54, 1.807) is 0 Å². The monoisotopic (exact) mass is 270 g/mol. The van der Waals surface area contributed by atoms with E-state index < -0.39 is 0 Å². The first-order chi connectivity index (χ1) is 7.24. The highest BCUT2D eigenvalue weighted by atomic mass is 79.9. The summed E-state index contributed by atoms with van der Waals surface area (Å²) in [6.07, 6.45) is 0. The van der Waals surface area contributed by atoms with E-state index >= 15 is 0 Å². The van der Waals surface area contributed by atoms with Gasteiger partial charge in [-0.3, -0.25) is 0 Å². The fraction of sp³-hybridized carbons (Fsp3) is 0.300. The molecule has 0 aromatic heterocycles. The molecule has 1 aromatic carbocycles. The number of hydrogen-bond donors (Lipinski definition) is 1. The van der Waals surface area contributed by atoms with Crippen molar-refractivity contribution in [1.29, 1.82) is 0 Å². The van der Waals surface area contributed by atoms with E-state index in [0.29, 0.717) is 13.2 Å². The van der Waals surface area contributed by atoms with Gasteiger partial charge >= 0.3 is 0 Å². The van der Waals surface area contributed by atoms with Crippen LogP contribution in [0.15, 0.2) is 33.7 Å². The van der Waals surface area contributed by atoms with Gasteiger partial charge in [0.2, 0.25) is 0 Å². The predicted molar refractivity (Wildman–Crippen MR) is 61.0 cm³/mol. The molecule has 0 fully saturated rings. The van der Waals surface area contributed by atoms with Crippen molar-refractivity contribution in [2.75, 3.05) is 13.2 Å². The fourth-order valence-electron chi connectivity index (χ4n) is 1.24. The van der Waals surface area contributed by atoms with Crippen LogP contribution in [-0.4, -0.2) is 25.3 Å². The Labute approximate surface area is 96.2 Å². The summed E-state index contributed by atoms with van der Waals surface area (Å²) in [6, 6.07) is 7.91. The quantitative estimate of drug-likeness (QED) is 0.907. The van der Waals surface area contributed by atoms with Gasteiger partial charge in [-0.25, -0.2) is 4.99 Å². The number of amidine groups is 1. The van der Waals surface area contributed by atoms with Crippen molar-refractivity contribution in [2.45, 2.75) is 6.04 Å². The molecule has 0 aliphatic carbocycles. The number of rotatable bonds is 3. The van der Waals surface area contributed by atoms with Crippen LogP contribution in [0.2, 0.25) is 0 Å². The molecule has 1 unspecified atom stereocenters. The van der Waals surface area contributed by atoms with Crippen LogP contribution in [0.3, 0.4) is 0 Å². The third-order valence-corrected chi connectivity index (χ3v) is 2.52. The van der Waals surface area contributed by atoms with E-state index in [2.05, 4.69) is 20.9 Å². The molecule has 2 rings (SSSR count). The van der Waals surface area contributed by atoms with Crippen LogP contribution in [0.1, 0.15) is 0 Å². The molecule has 0 saturated heterocycles. The first-order valence-electron chi connectivity index (χ1n) is 4.58. The molecule has 1 aliphatic heterocycles. The number of nitrogens with zero attached hydrogens (tertiary/aromatic N) is 1. The van der Waals surface area contributed by atoms with Crippen LogP contribution in [0, 0.1) is 0 Å². The third kappa shape index (κ3) is 2.86. The van der Waals surface area contributed by atoms with Gasteiger partial charge in [0.15, 0.2) is 0 Å². The Kier molecular flexibility index (Phi) is 3.11. The van der Waals surface area contributed by atoms with Crippen molar-refractivity contribution in [3.63, 3.8) is 0 Å². The van der Waals surface area contributed by atoms with Crippen LogP contribution >= 0.6 is 15.9 Å². The summed E-state index contributed by atoms with van der Waals surface area (Å²) >= 11 is 3.36. The van der Waals surface area contributed by atoms with E-state index in [1.807, 2.05) is 24.3 Å². The average Bonchev–Trinajstić information content (AvgIpc) is 2.64. The second kappa shape index (κ2) is 4.53. The topological polar surface area (TPSA) is 56.8 Å². The molecule has 1 heterocycles. The maximum absolute atomic E-state index is 5.53. The summed E-state index contributed by atoms with van der Waals surface area (Å²) in [7, 11) is 0. The molecule has 0 spiro atoms. The van der Waals surface area contributed by atoms with Crippen LogP contribution in [-0.2, 0) is 4.74 Å². The molecule has 1 aromatic rings. The Morgan fingerprint density at radius 1 is 1.47 bits per heavy atom. The smallest absolute Gasteiger partial charge is 0.282 e. The SMILES string of the molecule is NC1=NC(COc2ccc(Br)cc2)CO1. The zero-order chi connectivity index (χ0) is 10.7. The summed E-state index contributed by atoms with van der Waals surface area (Å²) in [5.74, 6) is 0.818. The molecule has 0 bridgehead atoms. The Morgan fingerprint density at radius 2 is 2.20 bits per heavy atom. The van der Waals surface area contributed by atoms with Gasteiger partial charge in [0.05, 0.1) is 0 Å². The Bertz CT molecular complexity index is 364. The molecule has 1 aliphatic rings. The van der Waals surface area contributed by atoms with Gasteiger partial charge in [-0.05, 0) is 24.3 Å². The first kappa shape index (κ1) is 10.3. The molecular weight excluding hydrogens is 260 g/mol. The van der Waals surface area contributed by atoms with Crippen molar-refractivity contribution in [2.24, 2.45) is 10.7 Å². The minimum Gasteiger partial charge on any atom is -0.491 e. The third-order valence-electron chi connectivity index (χ3n) is 1.99. The molecule has 0 radical (unpaired) electrons. The lowest BCUT2D eigenvalue weighted by atomic mass is 10.3. The van der Waals surface area contributed by atoms with Gasteiger partial charge in [0.25, 0.3) is 6.02 Å². The maximum Gasteiger partial charge on any atom is 0.282 e. The second-order valence-corrected chi connectivity index (χ2v) is 4.11. The molecule has 5 heteroatoms. The Morgan fingerprint density at radius 3 is 2.80 bits per heavy atom. The highest BCUT2D eigenvalue weighted by Crippen LogP contribution is 2.16. The number of nitrogens with two attached hydrogens (primary N) is 1. The molecule has 0 saturated carbocycles. The van der Waals surface area contributed by atoms with E-state index in [4.69, 9.17) is 15.2 Å². The van der Waals surface area contributed by atoms with Crippen LogP contribution < -0.4 is 10.5 Å². The van der Waals surface area contributed by atoms with Crippen molar-refractivity contribution in [3.8, 4) is 5.75 Å². The lowest BCUT2D eigenvalue weighted by Gasteiger charge is -2.08. The standard InChI is InChI=1S/C10H11BrN2O2/c11-7-1-3-9(4-2-7)14-5-8-6-15-10(12)13-8/h1-4,8H,5-6H2,(H2,12,13). The van der Waals surface area contributed by atoms with Crippen molar-refractivity contribution in [3.05, 3.63) is 28.7 Å². The molecule has 0 amide bonds. The van der Waals surface area contributed by atoms with E-state index in [-0.39, 0.29) is 12.1 Å². The zero-order valence-corrected chi connectivity index (χ0v) is 9.61. The second-order valence-electron chi connectivity index (χ2n) is 3.20. The van der Waals surface area contributed by atoms with Crippen molar-refractivity contribution < 1.29 is 9.47 Å². The average molecular weight is 271 g/mol. The summed E-state index contributed by atoms with van der Waals surface area (Å²) in [5, 5.41) is 0. The number of aliphatic imine (C=N–C) groups is 1. The summed E-state index contributed by atoms with van der Waals surface area (Å²) in [5.41, 5.74) is 5.38. The molecule has 15 heavy (non-hydrogen) atoms. The minimum atomic E-state index is 0.00801. The summed E-state index contributed by atoms with van der Waals surface area (Å²) in [4.78, 5) is 4.06. The number of benzene rings is 1. The van der Waals surface area contributed by atoms with Gasteiger partial charge < -0.3 is 15.2 Å². The van der Waals surface area contributed by atoms with Gasteiger partial charge in [0.1, 0.15) is 25.0 Å². The van der Waals surface area contributed by atoms with Gasteiger partial charge in [-0.2, -0.15) is 0 Å². The van der Waals surface area contributed by atoms with Crippen LogP contribution in [0.5, 0.6) is 5.75 Å². The van der Waals surface area contributed by atoms with Crippen LogP contribution in [0.25, 0.3) is 0 Å². The van der Waals surface area contributed by atoms with Gasteiger partial charge in [-0.1, -0.05) is 15.9 Å². The minimum absolute atomic E-state index is 0.00801. The zero-order valence-electron chi connectivity index (χ0n) is 8.02. The van der Waals surface area contributed by atoms with Gasteiger partial charge in [-0.15, -0.1) is 0 Å². The first-order valence-corrected chi connectivity index (χ1v) is 5.38. The lowest BCUT2D eigenvalue weighted by molar-refractivity contribution is 0.241. The highest BCUT2D eigenvalue weighted by molar-refractivity contribution is 9.10. The largest absolute Gasteiger partial charge is 0.491 e.